The van der Waals surface area contributed by atoms with Gasteiger partial charge in [-0.15, -0.1) is 0 Å². The number of para-hydroxylation sites is 1. The molecule has 22 heavy (non-hydrogen) atoms. The molecule has 118 valence electrons. The van der Waals surface area contributed by atoms with Crippen molar-refractivity contribution in [3.05, 3.63) is 29.8 Å². The Morgan fingerprint density at radius 3 is 2.41 bits per heavy atom. The summed E-state index contributed by atoms with van der Waals surface area (Å²) in [7, 11) is 1.61. The topological polar surface area (TPSA) is 67.4 Å². The molecule has 0 saturated heterocycles. The highest BCUT2D eigenvalue weighted by molar-refractivity contribution is 5.82. The minimum atomic E-state index is -0.257. The summed E-state index contributed by atoms with van der Waals surface area (Å²) >= 11 is 0. The zero-order valence-electron chi connectivity index (χ0n) is 12.8. The average molecular weight is 302 g/mol. The number of methoxy groups -OCH3 is 1. The van der Waals surface area contributed by atoms with Crippen molar-refractivity contribution in [2.24, 2.45) is 11.8 Å². The van der Waals surface area contributed by atoms with Crippen LogP contribution in [0.4, 0.5) is 0 Å². The summed E-state index contributed by atoms with van der Waals surface area (Å²) in [6.07, 6.45) is 3.86. The maximum Gasteiger partial charge on any atom is 0.223 e. The molecule has 2 N–H and O–H groups in total. The maximum absolute atomic E-state index is 12.1. The Kier molecular flexibility index (Phi) is 4.32. The number of carbonyl (C=O) groups excluding carboxylic acids is 2. The van der Waals surface area contributed by atoms with E-state index < -0.39 is 0 Å². The van der Waals surface area contributed by atoms with E-state index in [-0.39, 0.29) is 29.7 Å². The largest absolute Gasteiger partial charge is 0.496 e. The summed E-state index contributed by atoms with van der Waals surface area (Å²) < 4.78 is 5.39. The zero-order chi connectivity index (χ0) is 15.5. The van der Waals surface area contributed by atoms with Crippen molar-refractivity contribution in [1.29, 1.82) is 0 Å². The molecular weight excluding hydrogens is 280 g/mol. The van der Waals surface area contributed by atoms with Gasteiger partial charge in [0.15, 0.2) is 0 Å². The first kappa shape index (κ1) is 14.9. The minimum absolute atomic E-state index is 0.0663. The van der Waals surface area contributed by atoms with Crippen LogP contribution in [0.15, 0.2) is 24.3 Å². The lowest BCUT2D eigenvalue weighted by molar-refractivity contribution is -0.124. The smallest absolute Gasteiger partial charge is 0.223 e. The van der Waals surface area contributed by atoms with Crippen LogP contribution in [0.3, 0.4) is 0 Å². The number of hydrogen-bond donors (Lipinski definition) is 2. The van der Waals surface area contributed by atoms with E-state index in [2.05, 4.69) is 10.6 Å². The van der Waals surface area contributed by atoms with Crippen molar-refractivity contribution in [2.45, 2.75) is 31.7 Å². The Labute approximate surface area is 130 Å². The van der Waals surface area contributed by atoms with Crippen LogP contribution >= 0.6 is 0 Å². The average Bonchev–Trinajstić information content (AvgIpc) is 3.42. The van der Waals surface area contributed by atoms with Gasteiger partial charge in [0.25, 0.3) is 0 Å². The Morgan fingerprint density at radius 1 is 1.14 bits per heavy atom. The van der Waals surface area contributed by atoms with Crippen molar-refractivity contribution < 1.29 is 14.3 Å². The van der Waals surface area contributed by atoms with E-state index in [1.165, 1.54) is 0 Å². The lowest BCUT2D eigenvalue weighted by Gasteiger charge is -2.22. The van der Waals surface area contributed by atoms with Crippen molar-refractivity contribution in [3.63, 3.8) is 0 Å². The zero-order valence-corrected chi connectivity index (χ0v) is 12.8. The molecule has 3 rings (SSSR count). The Hall–Kier alpha value is -2.04. The van der Waals surface area contributed by atoms with E-state index in [1.807, 2.05) is 24.3 Å². The number of carbonyl (C=O) groups is 2. The summed E-state index contributed by atoms with van der Waals surface area (Å²) in [6, 6.07) is 7.35. The molecule has 2 amide bonds. The standard InChI is InChI=1S/C17H22N2O3/c1-22-15-5-3-2-4-13(15)14(19-17(21)12-8-9-12)10-18-16(20)11-6-7-11/h2-5,11-12,14H,6-10H2,1H3,(H,18,20)(H,19,21). The Morgan fingerprint density at radius 2 is 1.77 bits per heavy atom. The van der Waals surface area contributed by atoms with Gasteiger partial charge in [0.05, 0.1) is 13.2 Å². The van der Waals surface area contributed by atoms with E-state index in [9.17, 15) is 9.59 Å². The fraction of sp³-hybridized carbons (Fsp3) is 0.529. The number of nitrogens with one attached hydrogen (secondary N) is 2. The molecule has 0 aliphatic heterocycles. The van der Waals surface area contributed by atoms with Crippen molar-refractivity contribution >= 4 is 11.8 Å². The second-order valence-corrected chi connectivity index (χ2v) is 6.10. The lowest BCUT2D eigenvalue weighted by atomic mass is 10.0. The Bertz CT molecular complexity index is 565. The fourth-order valence-electron chi connectivity index (χ4n) is 2.52. The van der Waals surface area contributed by atoms with Crippen LogP contribution in [-0.4, -0.2) is 25.5 Å². The predicted molar refractivity (Wildman–Crippen MR) is 82.3 cm³/mol. The van der Waals surface area contributed by atoms with Crippen LogP contribution in [0.1, 0.15) is 37.3 Å². The molecule has 2 aliphatic rings. The molecule has 1 unspecified atom stereocenters. The first-order chi connectivity index (χ1) is 10.7. The lowest BCUT2D eigenvalue weighted by Crippen LogP contribution is -2.39. The van der Waals surface area contributed by atoms with Crippen LogP contribution in [-0.2, 0) is 9.59 Å². The molecule has 0 spiro atoms. The van der Waals surface area contributed by atoms with Crippen molar-refractivity contribution in [1.82, 2.24) is 10.6 Å². The molecule has 2 aliphatic carbocycles. The van der Waals surface area contributed by atoms with E-state index in [1.54, 1.807) is 7.11 Å². The van der Waals surface area contributed by atoms with Gasteiger partial charge in [-0.25, -0.2) is 0 Å². The number of ether oxygens (including phenoxy) is 1. The number of benzene rings is 1. The number of hydrogen-bond acceptors (Lipinski definition) is 3. The van der Waals surface area contributed by atoms with E-state index in [0.717, 1.165) is 37.0 Å². The van der Waals surface area contributed by atoms with Gasteiger partial charge in [-0.2, -0.15) is 0 Å². The van der Waals surface area contributed by atoms with Gasteiger partial charge in [0, 0.05) is 23.9 Å². The molecule has 0 radical (unpaired) electrons. The Balaban J connectivity index is 1.71. The van der Waals surface area contributed by atoms with Crippen LogP contribution in [0, 0.1) is 11.8 Å². The second-order valence-electron chi connectivity index (χ2n) is 6.10. The summed E-state index contributed by atoms with van der Waals surface area (Å²) in [5.74, 6) is 1.18. The molecule has 2 saturated carbocycles. The highest BCUT2D eigenvalue weighted by Crippen LogP contribution is 2.32. The van der Waals surface area contributed by atoms with E-state index in [0.29, 0.717) is 6.54 Å². The summed E-state index contributed by atoms with van der Waals surface area (Å²) in [5.41, 5.74) is 0.898. The van der Waals surface area contributed by atoms with Gasteiger partial charge < -0.3 is 15.4 Å². The van der Waals surface area contributed by atoms with Crippen LogP contribution in [0.5, 0.6) is 5.75 Å². The normalized spacial score (nSPS) is 18.4. The van der Waals surface area contributed by atoms with E-state index in [4.69, 9.17) is 4.74 Å². The van der Waals surface area contributed by atoms with Gasteiger partial charge in [-0.05, 0) is 31.7 Å². The molecular formula is C17H22N2O3. The predicted octanol–water partition coefficient (Wildman–Crippen LogP) is 1.79. The van der Waals surface area contributed by atoms with Crippen LogP contribution < -0.4 is 15.4 Å². The summed E-state index contributed by atoms with van der Waals surface area (Å²) in [4.78, 5) is 24.0. The molecule has 1 aromatic carbocycles. The molecule has 1 atom stereocenters. The van der Waals surface area contributed by atoms with Gasteiger partial charge in [0.2, 0.25) is 11.8 Å². The van der Waals surface area contributed by atoms with Crippen LogP contribution in [0.25, 0.3) is 0 Å². The van der Waals surface area contributed by atoms with Gasteiger partial charge in [0.1, 0.15) is 5.75 Å². The maximum atomic E-state index is 12.1. The molecule has 5 heteroatoms. The third-order valence-electron chi connectivity index (χ3n) is 4.21. The highest BCUT2D eigenvalue weighted by atomic mass is 16.5. The van der Waals surface area contributed by atoms with Crippen molar-refractivity contribution in [2.75, 3.05) is 13.7 Å². The molecule has 5 nitrogen and oxygen atoms in total. The third-order valence-corrected chi connectivity index (χ3v) is 4.21. The fourth-order valence-corrected chi connectivity index (χ4v) is 2.52. The summed E-state index contributed by atoms with van der Waals surface area (Å²) in [6.45, 7) is 0.397. The molecule has 0 bridgehead atoms. The first-order valence-corrected chi connectivity index (χ1v) is 7.90. The molecule has 1 aromatic rings. The number of rotatable bonds is 7. The molecule has 0 heterocycles. The minimum Gasteiger partial charge on any atom is -0.496 e. The van der Waals surface area contributed by atoms with Crippen LogP contribution in [0.2, 0.25) is 0 Å². The summed E-state index contributed by atoms with van der Waals surface area (Å²) in [5, 5.41) is 6.00. The quantitative estimate of drug-likeness (QED) is 0.807. The van der Waals surface area contributed by atoms with Crippen molar-refractivity contribution in [3.8, 4) is 5.75 Å². The van der Waals surface area contributed by atoms with E-state index >= 15 is 0 Å². The SMILES string of the molecule is COc1ccccc1C(CNC(=O)C1CC1)NC(=O)C1CC1. The second kappa shape index (κ2) is 6.38. The number of amides is 2. The van der Waals surface area contributed by atoms with Gasteiger partial charge >= 0.3 is 0 Å². The van der Waals surface area contributed by atoms with Gasteiger partial charge in [-0.3, -0.25) is 9.59 Å². The van der Waals surface area contributed by atoms with Gasteiger partial charge in [-0.1, -0.05) is 18.2 Å². The molecule has 0 aromatic heterocycles. The third kappa shape index (κ3) is 3.59. The monoisotopic (exact) mass is 302 g/mol. The molecule has 2 fully saturated rings. The first-order valence-electron chi connectivity index (χ1n) is 7.90. The highest BCUT2D eigenvalue weighted by Gasteiger charge is 2.33.